The minimum absolute atomic E-state index is 0.00602. The lowest BCUT2D eigenvalue weighted by atomic mass is 10.1. The van der Waals surface area contributed by atoms with Crippen molar-refractivity contribution in [3.05, 3.63) is 46.1 Å². The van der Waals surface area contributed by atoms with Crippen molar-refractivity contribution in [1.82, 2.24) is 9.55 Å². The first-order chi connectivity index (χ1) is 10.8. The number of ether oxygens (including phenoxy) is 1. The number of nitrogens with zero attached hydrogens (tertiary/aromatic N) is 2. The molecule has 0 aliphatic carbocycles. The second kappa shape index (κ2) is 6.64. The van der Waals surface area contributed by atoms with Gasteiger partial charge < -0.3 is 4.74 Å². The molecular weight excluding hydrogens is 316 g/mol. The number of hydrogen-bond acceptors (Lipinski definition) is 5. The van der Waals surface area contributed by atoms with Gasteiger partial charge >= 0.3 is 0 Å². The van der Waals surface area contributed by atoms with Crippen LogP contribution in [0, 0.1) is 0 Å². The van der Waals surface area contributed by atoms with Gasteiger partial charge in [0.2, 0.25) is 0 Å². The summed E-state index contributed by atoms with van der Waals surface area (Å²) >= 11 is 3.00. The fourth-order valence-electron chi connectivity index (χ4n) is 2.37. The van der Waals surface area contributed by atoms with E-state index in [0.29, 0.717) is 18.5 Å². The molecule has 2 aromatic heterocycles. The molecule has 0 saturated carbocycles. The van der Waals surface area contributed by atoms with Crippen LogP contribution in [0.25, 0.3) is 21.3 Å². The standard InChI is InChI=1S/C16H16N2O2S2/c1-20-9-8-18-15(19)13-12(11-6-4-3-5-7-11)10-22-14(13)17-16(18)21-2/h3-7,10H,8-9H2,1-2H3. The van der Waals surface area contributed by atoms with Crippen LogP contribution in [0.2, 0.25) is 0 Å². The molecule has 0 fully saturated rings. The van der Waals surface area contributed by atoms with Crippen molar-refractivity contribution in [3.8, 4) is 11.1 Å². The fraction of sp³-hybridized carbons (Fsp3) is 0.250. The molecule has 6 heteroatoms. The van der Waals surface area contributed by atoms with Gasteiger partial charge in [0.25, 0.3) is 5.56 Å². The number of fused-ring (bicyclic) bond motifs is 1. The highest BCUT2D eigenvalue weighted by atomic mass is 32.2. The summed E-state index contributed by atoms with van der Waals surface area (Å²) in [5.74, 6) is 0. The van der Waals surface area contributed by atoms with Crippen molar-refractivity contribution in [2.24, 2.45) is 0 Å². The monoisotopic (exact) mass is 332 g/mol. The number of hydrogen-bond donors (Lipinski definition) is 0. The van der Waals surface area contributed by atoms with E-state index in [4.69, 9.17) is 4.74 Å². The quantitative estimate of drug-likeness (QED) is 0.530. The molecule has 0 spiro atoms. The van der Waals surface area contributed by atoms with E-state index in [2.05, 4.69) is 4.98 Å². The SMILES string of the molecule is COCCn1c(SC)nc2scc(-c3ccccc3)c2c1=O. The molecule has 114 valence electrons. The van der Waals surface area contributed by atoms with Crippen molar-refractivity contribution in [2.75, 3.05) is 20.0 Å². The van der Waals surface area contributed by atoms with E-state index in [-0.39, 0.29) is 5.56 Å². The third-order valence-corrected chi connectivity index (χ3v) is 4.99. The van der Waals surface area contributed by atoms with Crippen LogP contribution in [-0.2, 0) is 11.3 Å². The molecule has 0 saturated heterocycles. The molecule has 0 aliphatic rings. The van der Waals surface area contributed by atoms with Crippen LogP contribution in [0.5, 0.6) is 0 Å². The summed E-state index contributed by atoms with van der Waals surface area (Å²) in [5, 5.41) is 3.44. The Morgan fingerprint density at radius 2 is 2.09 bits per heavy atom. The summed E-state index contributed by atoms with van der Waals surface area (Å²) in [5.41, 5.74) is 2.01. The summed E-state index contributed by atoms with van der Waals surface area (Å²) in [4.78, 5) is 18.4. The van der Waals surface area contributed by atoms with Crippen molar-refractivity contribution in [1.29, 1.82) is 0 Å². The molecule has 1 aromatic carbocycles. The van der Waals surface area contributed by atoms with Crippen molar-refractivity contribution in [3.63, 3.8) is 0 Å². The molecule has 3 aromatic rings. The molecule has 4 nitrogen and oxygen atoms in total. The van der Waals surface area contributed by atoms with E-state index in [1.165, 1.54) is 23.1 Å². The van der Waals surface area contributed by atoms with Crippen molar-refractivity contribution >= 4 is 33.3 Å². The number of rotatable bonds is 5. The molecule has 3 rings (SSSR count). The molecule has 0 N–H and O–H groups in total. The van der Waals surface area contributed by atoms with E-state index >= 15 is 0 Å². The molecule has 0 radical (unpaired) electrons. The van der Waals surface area contributed by atoms with Gasteiger partial charge in [0.15, 0.2) is 5.16 Å². The largest absolute Gasteiger partial charge is 0.383 e. The second-order valence-corrected chi connectivity index (χ2v) is 6.38. The van der Waals surface area contributed by atoms with Gasteiger partial charge in [0.05, 0.1) is 18.5 Å². The molecule has 0 atom stereocenters. The van der Waals surface area contributed by atoms with Gasteiger partial charge in [-0.15, -0.1) is 11.3 Å². The Labute approximate surface area is 136 Å². The predicted molar refractivity (Wildman–Crippen MR) is 93.0 cm³/mol. The van der Waals surface area contributed by atoms with Gasteiger partial charge in [-0.3, -0.25) is 9.36 Å². The normalized spacial score (nSPS) is 11.2. The zero-order valence-corrected chi connectivity index (χ0v) is 14.0. The van der Waals surface area contributed by atoms with E-state index < -0.39 is 0 Å². The Bertz CT molecular complexity index is 840. The summed E-state index contributed by atoms with van der Waals surface area (Å²) in [7, 11) is 1.63. The van der Waals surface area contributed by atoms with Crippen LogP contribution >= 0.6 is 23.1 Å². The summed E-state index contributed by atoms with van der Waals surface area (Å²) in [6.45, 7) is 1.00. The number of methoxy groups -OCH3 is 1. The topological polar surface area (TPSA) is 44.1 Å². The predicted octanol–water partition coefficient (Wildman–Crippen LogP) is 3.49. The van der Waals surface area contributed by atoms with Crippen LogP contribution in [0.1, 0.15) is 0 Å². The first-order valence-electron chi connectivity index (χ1n) is 6.86. The molecular formula is C16H16N2O2S2. The number of aromatic nitrogens is 2. The Hall–Kier alpha value is -1.63. The summed E-state index contributed by atoms with van der Waals surface area (Å²) in [6, 6.07) is 9.96. The molecule has 0 aliphatic heterocycles. The number of benzene rings is 1. The Kier molecular flexibility index (Phi) is 4.61. The first kappa shape index (κ1) is 15.3. The summed E-state index contributed by atoms with van der Waals surface area (Å²) < 4.78 is 6.82. The number of thiophene rings is 1. The highest BCUT2D eigenvalue weighted by Gasteiger charge is 2.16. The second-order valence-electron chi connectivity index (χ2n) is 4.74. The van der Waals surface area contributed by atoms with Crippen LogP contribution in [0.15, 0.2) is 45.7 Å². The fourth-order valence-corrected chi connectivity index (χ4v) is 3.94. The first-order valence-corrected chi connectivity index (χ1v) is 8.97. The van der Waals surface area contributed by atoms with E-state index in [1.54, 1.807) is 11.7 Å². The summed E-state index contributed by atoms with van der Waals surface area (Å²) in [6.07, 6.45) is 1.93. The van der Waals surface area contributed by atoms with Gasteiger partial charge in [-0.05, 0) is 11.8 Å². The van der Waals surface area contributed by atoms with Crippen LogP contribution in [-0.4, -0.2) is 29.5 Å². The average molecular weight is 332 g/mol. The maximum Gasteiger partial charge on any atom is 0.263 e. The van der Waals surface area contributed by atoms with Crippen LogP contribution < -0.4 is 5.56 Å². The van der Waals surface area contributed by atoms with Crippen LogP contribution in [0.3, 0.4) is 0 Å². The molecule has 2 heterocycles. The highest BCUT2D eigenvalue weighted by Crippen LogP contribution is 2.31. The number of thioether (sulfide) groups is 1. The third kappa shape index (κ3) is 2.69. The lowest BCUT2D eigenvalue weighted by molar-refractivity contribution is 0.183. The molecule has 22 heavy (non-hydrogen) atoms. The van der Waals surface area contributed by atoms with E-state index in [0.717, 1.165) is 21.1 Å². The van der Waals surface area contributed by atoms with Gasteiger partial charge in [-0.2, -0.15) is 0 Å². The van der Waals surface area contributed by atoms with Gasteiger partial charge in [0.1, 0.15) is 4.83 Å². The van der Waals surface area contributed by atoms with Crippen LogP contribution in [0.4, 0.5) is 0 Å². The Balaban J connectivity index is 2.24. The van der Waals surface area contributed by atoms with Gasteiger partial charge in [-0.1, -0.05) is 42.1 Å². The third-order valence-electron chi connectivity index (χ3n) is 3.45. The maximum absolute atomic E-state index is 12.9. The van der Waals surface area contributed by atoms with Gasteiger partial charge in [-0.25, -0.2) is 4.98 Å². The zero-order chi connectivity index (χ0) is 15.5. The minimum atomic E-state index is 0.00602. The lowest BCUT2D eigenvalue weighted by Gasteiger charge is -2.10. The van der Waals surface area contributed by atoms with Gasteiger partial charge in [0, 0.05) is 18.1 Å². The highest BCUT2D eigenvalue weighted by molar-refractivity contribution is 7.98. The zero-order valence-electron chi connectivity index (χ0n) is 12.4. The van der Waals surface area contributed by atoms with E-state index in [9.17, 15) is 4.79 Å². The van der Waals surface area contributed by atoms with E-state index in [1.807, 2.05) is 42.0 Å². The Morgan fingerprint density at radius 3 is 2.77 bits per heavy atom. The average Bonchev–Trinajstić information content (AvgIpc) is 2.98. The maximum atomic E-state index is 12.9. The molecule has 0 unspecified atom stereocenters. The van der Waals surface area contributed by atoms with Crippen molar-refractivity contribution in [2.45, 2.75) is 11.7 Å². The van der Waals surface area contributed by atoms with Crippen molar-refractivity contribution < 1.29 is 4.74 Å². The minimum Gasteiger partial charge on any atom is -0.383 e. The molecule has 0 bridgehead atoms. The molecule has 0 amide bonds. The smallest absolute Gasteiger partial charge is 0.263 e. The lowest BCUT2D eigenvalue weighted by Crippen LogP contribution is -2.24. The Morgan fingerprint density at radius 1 is 1.32 bits per heavy atom.